The van der Waals surface area contributed by atoms with Crippen molar-refractivity contribution in [3.63, 3.8) is 0 Å². The van der Waals surface area contributed by atoms with Crippen LogP contribution in [0.5, 0.6) is 0 Å². The van der Waals surface area contributed by atoms with E-state index < -0.39 is 6.10 Å². The average Bonchev–Trinajstić information content (AvgIpc) is 2.52. The topological polar surface area (TPSA) is 25.2 Å². The lowest BCUT2D eigenvalue weighted by Crippen LogP contribution is -1.94. The molecule has 0 spiro atoms. The van der Waals surface area contributed by atoms with Gasteiger partial charge in [0.25, 0.3) is 0 Å². The summed E-state index contributed by atoms with van der Waals surface area (Å²) in [5, 5.41) is 9.81. The van der Waals surface area contributed by atoms with E-state index in [1.54, 1.807) is 6.92 Å². The highest BCUT2D eigenvalue weighted by molar-refractivity contribution is 6.36. The zero-order valence-corrected chi connectivity index (χ0v) is 8.76. The molecule has 0 aliphatic heterocycles. The van der Waals surface area contributed by atoms with Crippen molar-refractivity contribution in [2.45, 2.75) is 19.6 Å². The zero-order chi connectivity index (χ0) is 9.84. The number of aromatic nitrogens is 1. The lowest BCUT2D eigenvalue weighted by Gasteiger charge is -2.01. The molecule has 2 nitrogen and oxygen atoms in total. The molecule has 1 aromatic rings. The molecular weight excluding hydrogens is 209 g/mol. The van der Waals surface area contributed by atoms with Gasteiger partial charge in [-0.05, 0) is 18.6 Å². The molecule has 0 aliphatic carbocycles. The molecule has 1 rings (SSSR count). The minimum absolute atomic E-state index is 0.444. The van der Waals surface area contributed by atoms with Gasteiger partial charge < -0.3 is 9.67 Å². The van der Waals surface area contributed by atoms with Gasteiger partial charge in [-0.25, -0.2) is 0 Å². The van der Waals surface area contributed by atoms with Gasteiger partial charge in [0.1, 0.15) is 0 Å². The van der Waals surface area contributed by atoms with E-state index in [1.165, 1.54) is 5.54 Å². The van der Waals surface area contributed by atoms with E-state index in [9.17, 15) is 5.11 Å². The highest BCUT2D eigenvalue weighted by Gasteiger charge is 2.02. The fraction of sp³-hybridized carbons (Fsp3) is 0.333. The molecular formula is C9H11Cl2NO. The molecule has 72 valence electrons. The number of rotatable bonds is 3. The molecule has 0 radical (unpaired) electrons. The highest BCUT2D eigenvalue weighted by atomic mass is 35.5. The van der Waals surface area contributed by atoms with Gasteiger partial charge in [-0.1, -0.05) is 23.2 Å². The monoisotopic (exact) mass is 219 g/mol. The third kappa shape index (κ3) is 3.07. The Morgan fingerprint density at radius 2 is 2.46 bits per heavy atom. The predicted octanol–water partition coefficient (Wildman–Crippen LogP) is 2.86. The van der Waals surface area contributed by atoms with Crippen LogP contribution in [0, 0.1) is 0 Å². The molecule has 0 aromatic carbocycles. The molecule has 13 heavy (non-hydrogen) atoms. The fourth-order valence-corrected chi connectivity index (χ4v) is 1.22. The van der Waals surface area contributed by atoms with Crippen molar-refractivity contribution in [2.24, 2.45) is 0 Å². The van der Waals surface area contributed by atoms with Gasteiger partial charge in [0.15, 0.2) is 0 Å². The zero-order valence-electron chi connectivity index (χ0n) is 7.24. The Bertz CT molecular complexity index is 304. The largest absolute Gasteiger partial charge is 0.389 e. The third-order valence-corrected chi connectivity index (χ3v) is 2.31. The Morgan fingerprint density at radius 3 is 2.92 bits per heavy atom. The molecule has 1 unspecified atom stereocenters. The minimum Gasteiger partial charge on any atom is -0.389 e. The van der Waals surface area contributed by atoms with Crippen molar-refractivity contribution in [3.05, 3.63) is 34.6 Å². The van der Waals surface area contributed by atoms with Crippen molar-refractivity contribution in [2.75, 3.05) is 0 Å². The molecule has 0 saturated heterocycles. The van der Waals surface area contributed by atoms with Gasteiger partial charge in [0.05, 0.1) is 12.6 Å². The van der Waals surface area contributed by atoms with E-state index in [-0.39, 0.29) is 0 Å². The van der Waals surface area contributed by atoms with E-state index in [0.717, 1.165) is 5.56 Å². The Kier molecular flexibility index (Phi) is 3.85. The molecule has 0 fully saturated rings. The second kappa shape index (κ2) is 4.70. The number of nitrogens with zero attached hydrogens (tertiary/aromatic N) is 1. The summed E-state index contributed by atoms with van der Waals surface area (Å²) < 4.78 is 1.86. The van der Waals surface area contributed by atoms with Crippen molar-refractivity contribution >= 4 is 23.2 Å². The smallest absolute Gasteiger partial charge is 0.0776 e. The number of allylic oxidation sites excluding steroid dienone is 1. The molecule has 1 N–H and O–H groups in total. The van der Waals surface area contributed by atoms with E-state index in [2.05, 4.69) is 0 Å². The van der Waals surface area contributed by atoms with Crippen LogP contribution >= 0.6 is 23.2 Å². The molecule has 0 amide bonds. The maximum atomic E-state index is 9.24. The maximum absolute atomic E-state index is 9.24. The second-order valence-corrected chi connectivity index (χ2v) is 3.55. The Hall–Kier alpha value is -0.440. The number of aliphatic hydroxyl groups excluding tert-OH is 1. The van der Waals surface area contributed by atoms with Gasteiger partial charge in [0.2, 0.25) is 0 Å². The predicted molar refractivity (Wildman–Crippen MR) is 54.9 cm³/mol. The van der Waals surface area contributed by atoms with Gasteiger partial charge in [0, 0.05) is 23.0 Å². The van der Waals surface area contributed by atoms with Crippen LogP contribution in [0.4, 0.5) is 0 Å². The van der Waals surface area contributed by atoms with Crippen molar-refractivity contribution < 1.29 is 5.11 Å². The first-order chi connectivity index (χ1) is 6.13. The van der Waals surface area contributed by atoms with E-state index in [4.69, 9.17) is 23.2 Å². The average molecular weight is 220 g/mol. The standard InChI is InChI=1S/C9H11Cl2NO/c1-7(13)8-2-3-12(5-8)6-9(11)4-10/h2-5,7,13H,6H2,1H3. The van der Waals surface area contributed by atoms with E-state index >= 15 is 0 Å². The highest BCUT2D eigenvalue weighted by Crippen LogP contribution is 2.14. The minimum atomic E-state index is -0.444. The number of halogens is 2. The summed E-state index contributed by atoms with van der Waals surface area (Å²) in [6.07, 6.45) is 3.25. The van der Waals surface area contributed by atoms with Crippen LogP contribution in [0.3, 0.4) is 0 Å². The molecule has 0 bridgehead atoms. The summed E-state index contributed by atoms with van der Waals surface area (Å²) >= 11 is 11.1. The van der Waals surface area contributed by atoms with Crippen LogP contribution < -0.4 is 0 Å². The summed E-state index contributed by atoms with van der Waals surface area (Å²) in [6, 6.07) is 1.85. The van der Waals surface area contributed by atoms with Crippen molar-refractivity contribution in [1.82, 2.24) is 4.57 Å². The summed E-state index contributed by atoms with van der Waals surface area (Å²) in [5.74, 6) is 0. The number of hydrogen-bond donors (Lipinski definition) is 1. The van der Waals surface area contributed by atoms with Crippen LogP contribution in [0.1, 0.15) is 18.6 Å². The first-order valence-corrected chi connectivity index (χ1v) is 4.73. The summed E-state index contributed by atoms with van der Waals surface area (Å²) in [7, 11) is 0. The third-order valence-electron chi connectivity index (χ3n) is 1.71. The van der Waals surface area contributed by atoms with E-state index in [1.807, 2.05) is 23.0 Å². The van der Waals surface area contributed by atoms with Crippen LogP contribution in [0.2, 0.25) is 0 Å². The molecule has 1 heterocycles. The first-order valence-electron chi connectivity index (χ1n) is 3.92. The Morgan fingerprint density at radius 1 is 1.77 bits per heavy atom. The van der Waals surface area contributed by atoms with Crippen LogP contribution in [0.25, 0.3) is 0 Å². The maximum Gasteiger partial charge on any atom is 0.0776 e. The van der Waals surface area contributed by atoms with Crippen LogP contribution in [0.15, 0.2) is 29.0 Å². The first kappa shape index (κ1) is 10.6. The quantitative estimate of drug-likeness (QED) is 0.832. The van der Waals surface area contributed by atoms with Gasteiger partial charge >= 0.3 is 0 Å². The molecule has 1 atom stereocenters. The van der Waals surface area contributed by atoms with Crippen LogP contribution in [-0.4, -0.2) is 9.67 Å². The Labute approximate surface area is 87.4 Å². The fourth-order valence-electron chi connectivity index (χ4n) is 1.01. The second-order valence-electron chi connectivity index (χ2n) is 2.85. The molecule has 0 saturated carbocycles. The molecule has 1 aromatic heterocycles. The molecule has 4 heteroatoms. The van der Waals surface area contributed by atoms with Crippen molar-refractivity contribution in [1.29, 1.82) is 0 Å². The van der Waals surface area contributed by atoms with E-state index in [0.29, 0.717) is 11.6 Å². The van der Waals surface area contributed by atoms with Crippen LogP contribution in [-0.2, 0) is 6.54 Å². The Balaban J connectivity index is 2.69. The van der Waals surface area contributed by atoms with Crippen molar-refractivity contribution in [3.8, 4) is 0 Å². The summed E-state index contributed by atoms with van der Waals surface area (Å²) in [6.45, 7) is 2.26. The van der Waals surface area contributed by atoms with Gasteiger partial charge in [-0.3, -0.25) is 0 Å². The molecule has 0 aliphatic rings. The van der Waals surface area contributed by atoms with Gasteiger partial charge in [-0.2, -0.15) is 0 Å². The van der Waals surface area contributed by atoms with Gasteiger partial charge in [-0.15, -0.1) is 0 Å². The SMILES string of the molecule is CC(O)c1ccn(CC(Cl)=CCl)c1. The lowest BCUT2D eigenvalue weighted by atomic mass is 10.2. The summed E-state index contributed by atoms with van der Waals surface area (Å²) in [5.41, 5.74) is 2.21. The lowest BCUT2D eigenvalue weighted by molar-refractivity contribution is 0.199. The number of hydrogen-bond acceptors (Lipinski definition) is 1. The number of aliphatic hydroxyl groups is 1. The normalized spacial score (nSPS) is 14.6. The summed E-state index contributed by atoms with van der Waals surface area (Å²) in [4.78, 5) is 0.